The summed E-state index contributed by atoms with van der Waals surface area (Å²) in [6, 6.07) is 22.6. The SMILES string of the molecule is O=C1/C(=C\c2cccc(Br)c2)N=C(c2ccc(Br)cc2)N1c1ccc(Cl)cc1. The first-order chi connectivity index (χ1) is 13.5. The van der Waals surface area contributed by atoms with Crippen molar-refractivity contribution in [3.05, 3.63) is 104 Å². The zero-order chi connectivity index (χ0) is 19.7. The van der Waals surface area contributed by atoms with E-state index in [0.29, 0.717) is 22.2 Å². The Kier molecular flexibility index (Phi) is 5.49. The lowest BCUT2D eigenvalue weighted by molar-refractivity contribution is -0.113. The van der Waals surface area contributed by atoms with Gasteiger partial charge in [0.2, 0.25) is 0 Å². The van der Waals surface area contributed by atoms with Gasteiger partial charge < -0.3 is 0 Å². The van der Waals surface area contributed by atoms with Crippen molar-refractivity contribution in [1.82, 2.24) is 0 Å². The molecule has 3 aromatic carbocycles. The van der Waals surface area contributed by atoms with E-state index >= 15 is 0 Å². The second kappa shape index (κ2) is 8.03. The smallest absolute Gasteiger partial charge is 0.266 e. The van der Waals surface area contributed by atoms with Crippen LogP contribution in [0.25, 0.3) is 6.08 Å². The third-order valence-corrected chi connectivity index (χ3v) is 5.47. The van der Waals surface area contributed by atoms with Gasteiger partial charge in [-0.15, -0.1) is 0 Å². The molecule has 1 aliphatic rings. The zero-order valence-corrected chi connectivity index (χ0v) is 18.4. The first kappa shape index (κ1) is 19.1. The summed E-state index contributed by atoms with van der Waals surface area (Å²) in [6.45, 7) is 0. The van der Waals surface area contributed by atoms with Crippen LogP contribution in [-0.2, 0) is 4.79 Å². The van der Waals surface area contributed by atoms with E-state index in [9.17, 15) is 4.79 Å². The monoisotopic (exact) mass is 514 g/mol. The van der Waals surface area contributed by atoms with Crippen LogP contribution < -0.4 is 4.90 Å². The van der Waals surface area contributed by atoms with Crippen molar-refractivity contribution < 1.29 is 4.79 Å². The van der Waals surface area contributed by atoms with E-state index in [1.807, 2.05) is 60.7 Å². The molecule has 28 heavy (non-hydrogen) atoms. The summed E-state index contributed by atoms with van der Waals surface area (Å²) >= 11 is 12.9. The van der Waals surface area contributed by atoms with E-state index in [1.165, 1.54) is 0 Å². The van der Waals surface area contributed by atoms with Crippen LogP contribution >= 0.6 is 43.5 Å². The Morgan fingerprint density at radius 1 is 0.893 bits per heavy atom. The molecular weight excluding hydrogens is 504 g/mol. The van der Waals surface area contributed by atoms with Crippen LogP contribution in [0.5, 0.6) is 0 Å². The Morgan fingerprint density at radius 3 is 2.29 bits per heavy atom. The Hall–Kier alpha value is -2.21. The minimum absolute atomic E-state index is 0.180. The van der Waals surface area contributed by atoms with Crippen LogP contribution in [0.3, 0.4) is 0 Å². The second-order valence-electron chi connectivity index (χ2n) is 6.14. The maximum absolute atomic E-state index is 13.2. The van der Waals surface area contributed by atoms with Gasteiger partial charge in [0, 0.05) is 19.5 Å². The van der Waals surface area contributed by atoms with Gasteiger partial charge in [0.05, 0.1) is 5.69 Å². The fourth-order valence-corrected chi connectivity index (χ4v) is 3.70. The summed E-state index contributed by atoms with van der Waals surface area (Å²) in [5.74, 6) is 0.404. The summed E-state index contributed by atoms with van der Waals surface area (Å²) < 4.78 is 1.91. The lowest BCUT2D eigenvalue weighted by atomic mass is 10.1. The number of nitrogens with zero attached hydrogens (tertiary/aromatic N) is 2. The van der Waals surface area contributed by atoms with Gasteiger partial charge in [0.15, 0.2) is 0 Å². The summed E-state index contributed by atoms with van der Waals surface area (Å²) in [6.07, 6.45) is 1.79. The maximum Gasteiger partial charge on any atom is 0.282 e. The highest BCUT2D eigenvalue weighted by molar-refractivity contribution is 9.10. The fraction of sp³-hybridized carbons (Fsp3) is 0. The number of anilines is 1. The number of carbonyl (C=O) groups is 1. The van der Waals surface area contributed by atoms with E-state index in [-0.39, 0.29) is 5.91 Å². The van der Waals surface area contributed by atoms with Gasteiger partial charge in [0.25, 0.3) is 5.91 Å². The first-order valence-corrected chi connectivity index (χ1v) is 10.4. The molecule has 0 spiro atoms. The van der Waals surface area contributed by atoms with Crippen LogP contribution in [0.1, 0.15) is 11.1 Å². The number of carbonyl (C=O) groups excluding carboxylic acids is 1. The number of rotatable bonds is 3. The predicted octanol–water partition coefficient (Wildman–Crippen LogP) is 6.70. The largest absolute Gasteiger partial charge is 0.282 e. The van der Waals surface area contributed by atoms with E-state index in [2.05, 4.69) is 36.9 Å². The number of amides is 1. The Balaban J connectivity index is 1.82. The van der Waals surface area contributed by atoms with Gasteiger partial charge >= 0.3 is 0 Å². The van der Waals surface area contributed by atoms with Gasteiger partial charge in [-0.25, -0.2) is 4.99 Å². The fourth-order valence-electron chi connectivity index (χ4n) is 2.89. The van der Waals surface area contributed by atoms with Crippen LogP contribution in [0, 0.1) is 0 Å². The molecule has 138 valence electrons. The standard InChI is InChI=1S/C22H13Br2ClN2O/c23-16-6-4-15(5-7-16)21-26-20(13-14-2-1-3-17(24)12-14)22(28)27(21)19-10-8-18(25)9-11-19/h1-13H/b20-13+. The molecule has 0 fully saturated rings. The third-order valence-electron chi connectivity index (χ3n) is 4.20. The zero-order valence-electron chi connectivity index (χ0n) is 14.4. The van der Waals surface area contributed by atoms with Gasteiger partial charge in [0.1, 0.15) is 11.5 Å². The summed E-state index contributed by atoms with van der Waals surface area (Å²) in [5.41, 5.74) is 2.85. The molecule has 6 heteroatoms. The lowest BCUT2D eigenvalue weighted by Crippen LogP contribution is -2.32. The molecule has 0 saturated heterocycles. The third kappa shape index (κ3) is 3.97. The second-order valence-corrected chi connectivity index (χ2v) is 8.41. The van der Waals surface area contributed by atoms with Gasteiger partial charge in [-0.3, -0.25) is 9.69 Å². The highest BCUT2D eigenvalue weighted by Crippen LogP contribution is 2.29. The van der Waals surface area contributed by atoms with Gasteiger partial charge in [-0.1, -0.05) is 67.7 Å². The average Bonchev–Trinajstić information content (AvgIpc) is 2.99. The normalized spacial score (nSPS) is 15.2. The summed E-state index contributed by atoms with van der Waals surface area (Å²) in [7, 11) is 0. The molecule has 0 aliphatic carbocycles. The van der Waals surface area contributed by atoms with E-state index in [1.54, 1.807) is 23.1 Å². The van der Waals surface area contributed by atoms with Crippen molar-refractivity contribution in [2.75, 3.05) is 4.90 Å². The van der Waals surface area contributed by atoms with Crippen molar-refractivity contribution in [2.45, 2.75) is 0 Å². The van der Waals surface area contributed by atoms with Crippen LogP contribution in [0.2, 0.25) is 5.02 Å². The Bertz CT molecular complexity index is 1110. The Labute approximate surface area is 184 Å². The number of hydrogen-bond donors (Lipinski definition) is 0. The number of amidine groups is 1. The Morgan fingerprint density at radius 2 is 1.61 bits per heavy atom. The molecule has 1 aliphatic heterocycles. The highest BCUT2D eigenvalue weighted by atomic mass is 79.9. The molecule has 1 amide bonds. The number of benzene rings is 3. The molecule has 0 N–H and O–H groups in total. The average molecular weight is 517 g/mol. The lowest BCUT2D eigenvalue weighted by Gasteiger charge is -2.18. The van der Waals surface area contributed by atoms with Crippen LogP contribution in [-0.4, -0.2) is 11.7 Å². The van der Waals surface area contributed by atoms with Crippen molar-refractivity contribution >= 4 is 67.0 Å². The van der Waals surface area contributed by atoms with Crippen molar-refractivity contribution in [2.24, 2.45) is 4.99 Å². The molecule has 3 aromatic rings. The van der Waals surface area contributed by atoms with Crippen molar-refractivity contribution in [3.8, 4) is 0 Å². The van der Waals surface area contributed by atoms with Crippen LogP contribution in [0.4, 0.5) is 5.69 Å². The molecule has 0 saturated carbocycles. The number of halogens is 3. The predicted molar refractivity (Wildman–Crippen MR) is 122 cm³/mol. The first-order valence-electron chi connectivity index (χ1n) is 8.43. The van der Waals surface area contributed by atoms with Crippen LogP contribution in [0.15, 0.2) is 92.4 Å². The minimum atomic E-state index is -0.180. The molecular formula is C22H13Br2ClN2O. The quantitative estimate of drug-likeness (QED) is 0.357. The molecule has 3 nitrogen and oxygen atoms in total. The van der Waals surface area contributed by atoms with E-state index < -0.39 is 0 Å². The topological polar surface area (TPSA) is 32.7 Å². The molecule has 1 heterocycles. The van der Waals surface area contributed by atoms with Gasteiger partial charge in [-0.05, 0) is 60.2 Å². The maximum atomic E-state index is 13.2. The number of hydrogen-bond acceptors (Lipinski definition) is 2. The molecule has 0 radical (unpaired) electrons. The molecule has 4 rings (SSSR count). The molecule has 0 unspecified atom stereocenters. The highest BCUT2D eigenvalue weighted by Gasteiger charge is 2.32. The molecule has 0 aromatic heterocycles. The molecule has 0 bridgehead atoms. The van der Waals surface area contributed by atoms with Crippen molar-refractivity contribution in [1.29, 1.82) is 0 Å². The summed E-state index contributed by atoms with van der Waals surface area (Å²) in [4.78, 5) is 19.5. The van der Waals surface area contributed by atoms with E-state index in [4.69, 9.17) is 11.6 Å². The minimum Gasteiger partial charge on any atom is -0.266 e. The summed E-state index contributed by atoms with van der Waals surface area (Å²) in [5, 5.41) is 0.613. The van der Waals surface area contributed by atoms with E-state index in [0.717, 1.165) is 20.1 Å². The van der Waals surface area contributed by atoms with Crippen molar-refractivity contribution in [3.63, 3.8) is 0 Å². The number of aliphatic imine (C=N–C) groups is 1. The molecule has 0 atom stereocenters. The van der Waals surface area contributed by atoms with Gasteiger partial charge in [-0.2, -0.15) is 0 Å².